The van der Waals surface area contributed by atoms with E-state index in [1.807, 2.05) is 6.07 Å². The minimum Gasteiger partial charge on any atom is -0.466 e. The molecular formula is C32H35ClN2O6. The fourth-order valence-electron chi connectivity index (χ4n) is 5.49. The average molecular weight is 579 g/mol. The highest BCUT2D eigenvalue weighted by Gasteiger charge is 2.39. The van der Waals surface area contributed by atoms with E-state index < -0.39 is 17.9 Å². The first-order chi connectivity index (χ1) is 19.8. The summed E-state index contributed by atoms with van der Waals surface area (Å²) in [5, 5.41) is 3.72. The number of hydrogen-bond donors (Lipinski definition) is 1. The van der Waals surface area contributed by atoms with Gasteiger partial charge in [-0.1, -0.05) is 61.2 Å². The van der Waals surface area contributed by atoms with Crippen molar-refractivity contribution in [2.45, 2.75) is 58.3 Å². The molecule has 1 N–H and O–H groups in total. The normalized spacial score (nSPS) is 16.6. The number of esters is 2. The van der Waals surface area contributed by atoms with Crippen LogP contribution in [0.15, 0.2) is 71.1 Å². The highest BCUT2D eigenvalue weighted by molar-refractivity contribution is 6.31. The molecule has 0 fully saturated rings. The van der Waals surface area contributed by atoms with E-state index in [2.05, 4.69) is 5.32 Å². The van der Waals surface area contributed by atoms with Crippen molar-refractivity contribution in [3.8, 4) is 0 Å². The van der Waals surface area contributed by atoms with Crippen LogP contribution in [-0.2, 0) is 19.1 Å². The van der Waals surface area contributed by atoms with Crippen molar-refractivity contribution in [2.24, 2.45) is 0 Å². The SMILES string of the molecule is CCOC(=O)C1=C(CCCCCCCN2C(=O)c3ccccc3C2=O)NC(C)=C(C(=O)OC)[C@@H]1c1ccccc1Cl. The predicted octanol–water partition coefficient (Wildman–Crippen LogP) is 5.93. The molecule has 8 nitrogen and oxygen atoms in total. The Labute approximate surface area is 245 Å². The van der Waals surface area contributed by atoms with Gasteiger partial charge in [0.05, 0.1) is 41.9 Å². The van der Waals surface area contributed by atoms with Gasteiger partial charge in [0.1, 0.15) is 0 Å². The summed E-state index contributed by atoms with van der Waals surface area (Å²) in [6, 6.07) is 14.1. The number of nitrogens with zero attached hydrogens (tertiary/aromatic N) is 1. The lowest BCUT2D eigenvalue weighted by atomic mass is 9.79. The number of halogens is 1. The third-order valence-electron chi connectivity index (χ3n) is 7.45. The summed E-state index contributed by atoms with van der Waals surface area (Å²) in [6.45, 7) is 4.11. The standard InChI is InChI=1S/C32H35ClN2O6/c1-4-41-32(39)28-25(34-20(2)26(31(38)40-3)27(28)23-16-11-12-17-24(23)33)18-8-6-5-7-13-19-35-29(36)21-14-9-10-15-22(21)30(35)37/h9-12,14-17,27,34H,4-8,13,18-19H2,1-3H3/t27-/m0/s1. The van der Waals surface area contributed by atoms with Gasteiger partial charge in [-0.15, -0.1) is 0 Å². The van der Waals surface area contributed by atoms with E-state index in [-0.39, 0.29) is 18.4 Å². The lowest BCUT2D eigenvalue weighted by molar-refractivity contribution is -0.139. The number of nitrogens with one attached hydrogen (secondary N) is 1. The van der Waals surface area contributed by atoms with Crippen molar-refractivity contribution in [2.75, 3.05) is 20.3 Å². The van der Waals surface area contributed by atoms with Crippen LogP contribution in [0.2, 0.25) is 5.02 Å². The zero-order valence-corrected chi connectivity index (χ0v) is 24.4. The minimum absolute atomic E-state index is 0.189. The van der Waals surface area contributed by atoms with E-state index in [1.54, 1.807) is 56.3 Å². The summed E-state index contributed by atoms with van der Waals surface area (Å²) in [7, 11) is 1.31. The molecule has 0 bridgehead atoms. The molecular weight excluding hydrogens is 544 g/mol. The molecule has 4 rings (SSSR count). The van der Waals surface area contributed by atoms with Gasteiger partial charge in [0.2, 0.25) is 0 Å². The molecule has 2 aliphatic rings. The van der Waals surface area contributed by atoms with E-state index in [1.165, 1.54) is 12.0 Å². The molecule has 9 heteroatoms. The summed E-state index contributed by atoms with van der Waals surface area (Å²) in [4.78, 5) is 52.6. The summed E-state index contributed by atoms with van der Waals surface area (Å²) >= 11 is 6.56. The molecule has 0 aliphatic carbocycles. The Morgan fingerprint density at radius 1 is 0.878 bits per heavy atom. The second kappa shape index (κ2) is 13.6. The highest BCUT2D eigenvalue weighted by atomic mass is 35.5. The van der Waals surface area contributed by atoms with Crippen LogP contribution in [0.5, 0.6) is 0 Å². The zero-order chi connectivity index (χ0) is 29.5. The molecule has 0 aromatic heterocycles. The summed E-state index contributed by atoms with van der Waals surface area (Å²) in [5.41, 5.74) is 3.55. The molecule has 216 valence electrons. The number of rotatable bonds is 12. The Bertz CT molecular complexity index is 1380. The van der Waals surface area contributed by atoms with Crippen molar-refractivity contribution in [3.63, 3.8) is 0 Å². The zero-order valence-electron chi connectivity index (χ0n) is 23.6. The molecule has 0 saturated carbocycles. The van der Waals surface area contributed by atoms with Crippen molar-refractivity contribution < 1.29 is 28.7 Å². The van der Waals surface area contributed by atoms with Gasteiger partial charge >= 0.3 is 11.9 Å². The van der Waals surface area contributed by atoms with Crippen molar-refractivity contribution in [1.82, 2.24) is 10.2 Å². The number of methoxy groups -OCH3 is 1. The van der Waals surface area contributed by atoms with Gasteiger partial charge in [0.15, 0.2) is 0 Å². The Kier molecular flexibility index (Phi) is 10.00. The molecule has 0 spiro atoms. The number of benzene rings is 2. The van der Waals surface area contributed by atoms with Crippen LogP contribution in [0.4, 0.5) is 0 Å². The highest BCUT2D eigenvalue weighted by Crippen LogP contribution is 2.42. The number of carbonyl (C=O) groups excluding carboxylic acids is 4. The van der Waals surface area contributed by atoms with Gasteiger partial charge in [-0.25, -0.2) is 9.59 Å². The van der Waals surface area contributed by atoms with Gasteiger partial charge in [0, 0.05) is 23.0 Å². The van der Waals surface area contributed by atoms with Crippen molar-refractivity contribution in [1.29, 1.82) is 0 Å². The fraction of sp³-hybridized carbons (Fsp3) is 0.375. The van der Waals surface area contributed by atoms with Crippen LogP contribution in [0.1, 0.15) is 84.6 Å². The second-order valence-corrected chi connectivity index (χ2v) is 10.5. The van der Waals surface area contributed by atoms with E-state index in [0.29, 0.717) is 57.2 Å². The molecule has 2 aromatic rings. The third kappa shape index (κ3) is 6.38. The number of hydrogen-bond acceptors (Lipinski definition) is 7. The molecule has 41 heavy (non-hydrogen) atoms. The molecule has 2 aromatic carbocycles. The smallest absolute Gasteiger partial charge is 0.336 e. The quantitative estimate of drug-likeness (QED) is 0.189. The minimum atomic E-state index is -0.730. The second-order valence-electron chi connectivity index (χ2n) is 10.0. The van der Waals surface area contributed by atoms with Crippen LogP contribution in [0.25, 0.3) is 0 Å². The number of allylic oxidation sites excluding steroid dienone is 2. The van der Waals surface area contributed by atoms with E-state index in [4.69, 9.17) is 21.1 Å². The Hall–Kier alpha value is -3.91. The molecule has 2 heterocycles. The topological polar surface area (TPSA) is 102 Å². The number of ether oxygens (including phenoxy) is 2. The maximum Gasteiger partial charge on any atom is 0.336 e. The van der Waals surface area contributed by atoms with Gasteiger partial charge in [-0.2, -0.15) is 0 Å². The monoisotopic (exact) mass is 578 g/mol. The predicted molar refractivity (Wildman–Crippen MR) is 155 cm³/mol. The number of unbranched alkanes of at least 4 members (excludes halogenated alkanes) is 4. The van der Waals surface area contributed by atoms with Gasteiger partial charge in [0.25, 0.3) is 11.8 Å². The molecule has 2 amide bonds. The largest absolute Gasteiger partial charge is 0.466 e. The Balaban J connectivity index is 1.42. The first-order valence-electron chi connectivity index (χ1n) is 14.0. The fourth-order valence-corrected chi connectivity index (χ4v) is 5.73. The average Bonchev–Trinajstić information content (AvgIpc) is 3.21. The molecule has 0 radical (unpaired) electrons. The summed E-state index contributed by atoms with van der Waals surface area (Å²) < 4.78 is 10.5. The summed E-state index contributed by atoms with van der Waals surface area (Å²) in [5.74, 6) is -2.23. The number of amides is 2. The van der Waals surface area contributed by atoms with Gasteiger partial charge < -0.3 is 14.8 Å². The van der Waals surface area contributed by atoms with Gasteiger partial charge in [-0.05, 0) is 56.9 Å². The number of carbonyl (C=O) groups is 4. The maximum absolute atomic E-state index is 13.3. The van der Waals surface area contributed by atoms with E-state index in [9.17, 15) is 19.2 Å². The lowest BCUT2D eigenvalue weighted by Crippen LogP contribution is -2.33. The first kappa shape index (κ1) is 30.1. The number of dihydropyridines is 1. The molecule has 1 atom stereocenters. The summed E-state index contributed by atoms with van der Waals surface area (Å²) in [6.07, 6.45) is 4.72. The van der Waals surface area contributed by atoms with Crippen LogP contribution < -0.4 is 5.32 Å². The van der Waals surface area contributed by atoms with E-state index in [0.717, 1.165) is 32.1 Å². The van der Waals surface area contributed by atoms with Gasteiger partial charge in [-0.3, -0.25) is 14.5 Å². The number of fused-ring (bicyclic) bond motifs is 1. The Morgan fingerprint density at radius 2 is 1.49 bits per heavy atom. The van der Waals surface area contributed by atoms with Crippen molar-refractivity contribution in [3.05, 3.63) is 92.8 Å². The van der Waals surface area contributed by atoms with Crippen LogP contribution in [-0.4, -0.2) is 48.9 Å². The molecule has 0 saturated heterocycles. The van der Waals surface area contributed by atoms with Crippen molar-refractivity contribution >= 4 is 35.4 Å². The van der Waals surface area contributed by atoms with Crippen LogP contribution >= 0.6 is 11.6 Å². The lowest BCUT2D eigenvalue weighted by Gasteiger charge is -2.32. The van der Waals surface area contributed by atoms with Crippen LogP contribution in [0.3, 0.4) is 0 Å². The van der Waals surface area contributed by atoms with E-state index >= 15 is 0 Å². The third-order valence-corrected chi connectivity index (χ3v) is 7.79. The molecule has 0 unspecified atom stereocenters. The maximum atomic E-state index is 13.3. The number of imide groups is 1. The first-order valence-corrected chi connectivity index (χ1v) is 14.3. The van der Waals surface area contributed by atoms with Crippen LogP contribution in [0, 0.1) is 0 Å². The Morgan fingerprint density at radius 3 is 2.12 bits per heavy atom. The molecule has 2 aliphatic heterocycles.